The van der Waals surface area contributed by atoms with Crippen LogP contribution in [-0.4, -0.2) is 18.0 Å². The van der Waals surface area contributed by atoms with E-state index in [1.165, 1.54) is 5.56 Å². The van der Waals surface area contributed by atoms with E-state index in [0.717, 1.165) is 16.7 Å². The second kappa shape index (κ2) is 5.69. The molecule has 0 aliphatic heterocycles. The topological polar surface area (TPSA) is 29.3 Å². The van der Waals surface area contributed by atoms with E-state index in [0.29, 0.717) is 12.0 Å². The molecule has 0 spiro atoms. The van der Waals surface area contributed by atoms with Gasteiger partial charge in [0.2, 0.25) is 0 Å². The zero-order chi connectivity index (χ0) is 12.3. The summed E-state index contributed by atoms with van der Waals surface area (Å²) in [6, 6.07) is 6.53. The maximum Gasteiger partial charge on any atom is 0.0318 e. The fourth-order valence-electron chi connectivity index (χ4n) is 1.64. The number of nitrogen functional groups attached to an aromatic ring is 1. The molecule has 0 aliphatic rings. The van der Waals surface area contributed by atoms with Crippen molar-refractivity contribution in [3.8, 4) is 0 Å². The number of anilines is 1. The monoisotopic (exact) mass is 284 g/mol. The molecule has 0 aliphatic carbocycles. The maximum absolute atomic E-state index is 5.80. The number of hydrogen-bond donors (Lipinski definition) is 1. The number of nitrogens with two attached hydrogens (primary N) is 1. The van der Waals surface area contributed by atoms with E-state index >= 15 is 0 Å². The maximum atomic E-state index is 5.80. The lowest BCUT2D eigenvalue weighted by atomic mass is 10.0. The first-order valence-electron chi connectivity index (χ1n) is 5.66. The Labute approximate surface area is 107 Å². The Morgan fingerprint density at radius 2 is 1.94 bits per heavy atom. The van der Waals surface area contributed by atoms with Crippen molar-refractivity contribution >= 4 is 21.6 Å². The lowest BCUT2D eigenvalue weighted by molar-refractivity contribution is 0.200. The molecule has 90 valence electrons. The molecule has 0 amide bonds. The van der Waals surface area contributed by atoms with Gasteiger partial charge >= 0.3 is 0 Å². The van der Waals surface area contributed by atoms with Gasteiger partial charge in [0.05, 0.1) is 0 Å². The Kier molecular flexibility index (Phi) is 4.81. The molecular weight excluding hydrogens is 264 g/mol. The van der Waals surface area contributed by atoms with Crippen molar-refractivity contribution in [2.75, 3.05) is 12.8 Å². The van der Waals surface area contributed by atoms with E-state index < -0.39 is 0 Å². The molecule has 16 heavy (non-hydrogen) atoms. The van der Waals surface area contributed by atoms with E-state index in [-0.39, 0.29) is 0 Å². The Morgan fingerprint density at radius 3 is 2.50 bits per heavy atom. The van der Waals surface area contributed by atoms with Gasteiger partial charge in [-0.3, -0.25) is 4.90 Å². The fourth-order valence-corrected chi connectivity index (χ4v) is 2.01. The minimum atomic E-state index is 0.563. The van der Waals surface area contributed by atoms with Crippen molar-refractivity contribution in [2.45, 2.75) is 33.4 Å². The lowest BCUT2D eigenvalue weighted by Gasteiger charge is -2.28. The van der Waals surface area contributed by atoms with Crippen LogP contribution in [0.25, 0.3) is 0 Å². The summed E-state index contributed by atoms with van der Waals surface area (Å²) < 4.78 is 1.13. The second-order valence-electron chi connectivity index (χ2n) is 4.75. The normalized spacial score (nSPS) is 13.4. The zero-order valence-electron chi connectivity index (χ0n) is 10.5. The van der Waals surface area contributed by atoms with Crippen LogP contribution in [0.3, 0.4) is 0 Å². The summed E-state index contributed by atoms with van der Waals surface area (Å²) in [6.07, 6.45) is 0. The van der Waals surface area contributed by atoms with E-state index in [1.54, 1.807) is 0 Å². The van der Waals surface area contributed by atoms with Crippen LogP contribution in [-0.2, 0) is 6.54 Å². The zero-order valence-corrected chi connectivity index (χ0v) is 12.1. The van der Waals surface area contributed by atoms with Crippen LogP contribution < -0.4 is 5.73 Å². The molecule has 0 fully saturated rings. The van der Waals surface area contributed by atoms with E-state index in [9.17, 15) is 0 Å². The quantitative estimate of drug-likeness (QED) is 0.858. The summed E-state index contributed by atoms with van der Waals surface area (Å²) in [5.74, 6) is 0.657. The van der Waals surface area contributed by atoms with Crippen molar-refractivity contribution in [2.24, 2.45) is 5.92 Å². The highest BCUT2D eigenvalue weighted by Crippen LogP contribution is 2.22. The summed E-state index contributed by atoms with van der Waals surface area (Å²) in [4.78, 5) is 2.35. The second-order valence-corrected chi connectivity index (χ2v) is 5.60. The molecule has 0 bridgehead atoms. The van der Waals surface area contributed by atoms with Crippen molar-refractivity contribution in [1.29, 1.82) is 0 Å². The predicted octanol–water partition coefficient (Wildman–Crippen LogP) is 3.51. The number of halogens is 1. The molecule has 1 unspecified atom stereocenters. The van der Waals surface area contributed by atoms with Gasteiger partial charge in [-0.15, -0.1) is 0 Å². The Balaban J connectivity index is 2.76. The fraction of sp³-hybridized carbons (Fsp3) is 0.538. The molecule has 0 radical (unpaired) electrons. The number of rotatable bonds is 4. The van der Waals surface area contributed by atoms with Crippen molar-refractivity contribution in [1.82, 2.24) is 4.90 Å². The third-order valence-electron chi connectivity index (χ3n) is 3.15. The lowest BCUT2D eigenvalue weighted by Crippen LogP contribution is -2.32. The first-order chi connectivity index (χ1) is 7.41. The summed E-state index contributed by atoms with van der Waals surface area (Å²) in [6.45, 7) is 7.67. The summed E-state index contributed by atoms with van der Waals surface area (Å²) in [7, 11) is 2.15. The van der Waals surface area contributed by atoms with Gasteiger partial charge < -0.3 is 5.73 Å². The minimum absolute atomic E-state index is 0.563. The largest absolute Gasteiger partial charge is 0.399 e. The van der Waals surface area contributed by atoms with Crippen LogP contribution in [0.2, 0.25) is 0 Å². The molecule has 1 rings (SSSR count). The molecular formula is C13H21BrN2. The average molecular weight is 285 g/mol. The predicted molar refractivity (Wildman–Crippen MR) is 74.3 cm³/mol. The van der Waals surface area contributed by atoms with Gasteiger partial charge in [0, 0.05) is 22.7 Å². The molecule has 1 aromatic rings. The summed E-state index contributed by atoms with van der Waals surface area (Å²) in [5.41, 5.74) is 7.87. The molecule has 0 saturated heterocycles. The van der Waals surface area contributed by atoms with Crippen LogP contribution >= 0.6 is 15.9 Å². The molecule has 0 saturated carbocycles. The van der Waals surface area contributed by atoms with Gasteiger partial charge in [0.1, 0.15) is 0 Å². The Hall–Kier alpha value is -0.540. The van der Waals surface area contributed by atoms with Crippen LogP contribution in [0.15, 0.2) is 22.7 Å². The standard InChI is InChI=1S/C13H21BrN2/c1-9(2)10(3)16(4)8-11-7-12(15)5-6-13(11)14/h5-7,9-10H,8,15H2,1-4H3. The molecule has 1 aromatic carbocycles. The van der Waals surface area contributed by atoms with Crippen molar-refractivity contribution in [3.05, 3.63) is 28.2 Å². The van der Waals surface area contributed by atoms with Gasteiger partial charge in [-0.05, 0) is 43.7 Å². The highest BCUT2D eigenvalue weighted by molar-refractivity contribution is 9.10. The first-order valence-corrected chi connectivity index (χ1v) is 6.45. The van der Waals surface area contributed by atoms with E-state index in [2.05, 4.69) is 48.6 Å². The van der Waals surface area contributed by atoms with Crippen LogP contribution in [0.1, 0.15) is 26.3 Å². The third-order valence-corrected chi connectivity index (χ3v) is 3.92. The molecule has 2 N–H and O–H groups in total. The summed E-state index contributed by atoms with van der Waals surface area (Å²) in [5, 5.41) is 0. The average Bonchev–Trinajstić information content (AvgIpc) is 2.22. The molecule has 3 heteroatoms. The van der Waals surface area contributed by atoms with E-state index in [4.69, 9.17) is 5.73 Å². The number of hydrogen-bond acceptors (Lipinski definition) is 2. The van der Waals surface area contributed by atoms with Gasteiger partial charge in [-0.1, -0.05) is 29.8 Å². The smallest absolute Gasteiger partial charge is 0.0318 e. The SMILES string of the molecule is CC(C)C(C)N(C)Cc1cc(N)ccc1Br. The minimum Gasteiger partial charge on any atom is -0.399 e. The van der Waals surface area contributed by atoms with Crippen LogP contribution in [0, 0.1) is 5.92 Å². The molecule has 1 atom stereocenters. The number of benzene rings is 1. The van der Waals surface area contributed by atoms with Crippen molar-refractivity contribution < 1.29 is 0 Å². The first kappa shape index (κ1) is 13.5. The van der Waals surface area contributed by atoms with Crippen molar-refractivity contribution in [3.63, 3.8) is 0 Å². The van der Waals surface area contributed by atoms with E-state index in [1.807, 2.05) is 18.2 Å². The highest BCUT2D eigenvalue weighted by Gasteiger charge is 2.14. The summed E-state index contributed by atoms with van der Waals surface area (Å²) >= 11 is 3.56. The molecule has 0 heterocycles. The van der Waals surface area contributed by atoms with Gasteiger partial charge in [-0.25, -0.2) is 0 Å². The molecule has 0 aromatic heterocycles. The Bertz CT molecular complexity index is 350. The third kappa shape index (κ3) is 3.49. The number of nitrogens with zero attached hydrogens (tertiary/aromatic N) is 1. The van der Waals surface area contributed by atoms with Gasteiger partial charge in [-0.2, -0.15) is 0 Å². The Morgan fingerprint density at radius 1 is 1.31 bits per heavy atom. The molecule has 2 nitrogen and oxygen atoms in total. The van der Waals surface area contributed by atoms with Gasteiger partial charge in [0.25, 0.3) is 0 Å². The van der Waals surface area contributed by atoms with Gasteiger partial charge in [0.15, 0.2) is 0 Å². The van der Waals surface area contributed by atoms with Crippen LogP contribution in [0.4, 0.5) is 5.69 Å². The highest BCUT2D eigenvalue weighted by atomic mass is 79.9. The van der Waals surface area contributed by atoms with Crippen LogP contribution in [0.5, 0.6) is 0 Å².